The second-order valence-electron chi connectivity index (χ2n) is 8.03. The molecule has 0 aromatic carbocycles. The van der Waals surface area contributed by atoms with Crippen LogP contribution in [-0.2, 0) is 0 Å². The highest BCUT2D eigenvalue weighted by atomic mass is 15.4. The lowest BCUT2D eigenvalue weighted by atomic mass is 9.93. The van der Waals surface area contributed by atoms with Gasteiger partial charge in [-0.3, -0.25) is 10.2 Å². The Morgan fingerprint density at radius 2 is 1.18 bits per heavy atom. The van der Waals surface area contributed by atoms with E-state index in [1.807, 2.05) is 0 Å². The smallest absolute Gasteiger partial charge is 0.0607 e. The maximum Gasteiger partial charge on any atom is 0.0607 e. The van der Waals surface area contributed by atoms with Gasteiger partial charge in [0, 0.05) is 16.6 Å². The Morgan fingerprint density at radius 1 is 0.824 bits per heavy atom. The van der Waals surface area contributed by atoms with Crippen molar-refractivity contribution in [2.24, 2.45) is 0 Å². The average molecular weight is 242 g/mol. The van der Waals surface area contributed by atoms with E-state index < -0.39 is 0 Å². The lowest BCUT2D eigenvalue weighted by Crippen LogP contribution is -2.64. The highest BCUT2D eigenvalue weighted by Gasteiger charge is 2.37. The van der Waals surface area contributed by atoms with Gasteiger partial charge < -0.3 is 0 Å². The molecular weight excluding hydrogens is 208 g/mol. The summed E-state index contributed by atoms with van der Waals surface area (Å²) in [5.41, 5.74) is 0.476. The van der Waals surface area contributed by atoms with Gasteiger partial charge in [-0.25, -0.2) is 0 Å². The molecule has 0 aliphatic carbocycles. The molecular formula is C15H34N2. The van der Waals surface area contributed by atoms with Gasteiger partial charge >= 0.3 is 0 Å². The Kier molecular flexibility index (Phi) is 5.25. The fraction of sp³-hybridized carbons (Fsp3) is 1.00. The first-order valence-corrected chi connectivity index (χ1v) is 6.86. The van der Waals surface area contributed by atoms with Crippen LogP contribution in [0.4, 0.5) is 0 Å². The summed E-state index contributed by atoms with van der Waals surface area (Å²) in [5, 5.41) is 3.74. The van der Waals surface area contributed by atoms with Crippen LogP contribution >= 0.6 is 0 Å². The molecule has 0 aromatic heterocycles. The lowest BCUT2D eigenvalue weighted by Gasteiger charge is -2.51. The van der Waals surface area contributed by atoms with Crippen molar-refractivity contribution >= 4 is 0 Å². The Hall–Kier alpha value is -0.0800. The highest BCUT2D eigenvalue weighted by Crippen LogP contribution is 2.28. The van der Waals surface area contributed by atoms with Crippen LogP contribution in [0.3, 0.4) is 0 Å². The van der Waals surface area contributed by atoms with Crippen molar-refractivity contribution in [2.75, 3.05) is 0 Å². The minimum absolute atomic E-state index is 0.148. The fourth-order valence-corrected chi connectivity index (χ4v) is 2.79. The van der Waals surface area contributed by atoms with Gasteiger partial charge in [0.15, 0.2) is 0 Å². The molecule has 0 amide bonds. The van der Waals surface area contributed by atoms with Gasteiger partial charge in [0.05, 0.1) is 6.17 Å². The molecule has 0 spiro atoms. The molecule has 0 heterocycles. The Labute approximate surface area is 109 Å². The van der Waals surface area contributed by atoms with Crippen LogP contribution in [0, 0.1) is 0 Å². The topological polar surface area (TPSA) is 15.3 Å². The van der Waals surface area contributed by atoms with Gasteiger partial charge in [-0.1, -0.05) is 6.92 Å². The van der Waals surface area contributed by atoms with E-state index in [0.717, 1.165) is 6.42 Å². The summed E-state index contributed by atoms with van der Waals surface area (Å²) >= 11 is 0. The molecule has 0 aliphatic rings. The van der Waals surface area contributed by atoms with E-state index in [4.69, 9.17) is 0 Å². The molecule has 0 saturated heterocycles. The van der Waals surface area contributed by atoms with Crippen molar-refractivity contribution in [3.8, 4) is 0 Å². The highest BCUT2D eigenvalue weighted by molar-refractivity contribution is 4.92. The molecule has 2 heteroatoms. The minimum atomic E-state index is 0.148. The van der Waals surface area contributed by atoms with Crippen molar-refractivity contribution in [1.82, 2.24) is 10.2 Å². The van der Waals surface area contributed by atoms with Crippen molar-refractivity contribution in [3.63, 3.8) is 0 Å². The summed E-state index contributed by atoms with van der Waals surface area (Å²) in [7, 11) is 0. The van der Waals surface area contributed by atoms with Gasteiger partial charge in [-0.2, -0.15) is 0 Å². The predicted octanol–water partition coefficient (Wildman–Crippen LogP) is 4.01. The zero-order chi connectivity index (χ0) is 14.1. The van der Waals surface area contributed by atoms with Crippen molar-refractivity contribution in [1.29, 1.82) is 0 Å². The van der Waals surface area contributed by atoms with E-state index in [-0.39, 0.29) is 16.6 Å². The van der Waals surface area contributed by atoms with Crippen LogP contribution < -0.4 is 5.32 Å². The molecule has 0 rings (SSSR count). The molecule has 1 N–H and O–H groups in total. The molecule has 0 aromatic rings. The van der Waals surface area contributed by atoms with Gasteiger partial charge in [0.2, 0.25) is 0 Å². The first kappa shape index (κ1) is 16.9. The van der Waals surface area contributed by atoms with E-state index in [1.165, 1.54) is 0 Å². The quantitative estimate of drug-likeness (QED) is 0.752. The molecule has 0 bridgehead atoms. The predicted molar refractivity (Wildman–Crippen MR) is 78.3 cm³/mol. The second kappa shape index (κ2) is 5.27. The standard InChI is InChI=1S/C15H34N2/c1-11-12(16-13(2,3)4)17(14(5,6)7)15(8,9)10/h12,16H,11H2,1-10H3. The molecule has 17 heavy (non-hydrogen) atoms. The zero-order valence-corrected chi connectivity index (χ0v) is 13.7. The van der Waals surface area contributed by atoms with Crippen molar-refractivity contribution in [3.05, 3.63) is 0 Å². The summed E-state index contributed by atoms with van der Waals surface area (Å²) < 4.78 is 0. The zero-order valence-electron chi connectivity index (χ0n) is 13.7. The largest absolute Gasteiger partial charge is 0.297 e. The molecule has 1 unspecified atom stereocenters. The number of nitrogens with one attached hydrogen (secondary N) is 1. The summed E-state index contributed by atoms with van der Waals surface area (Å²) in [6.07, 6.45) is 1.53. The molecule has 0 radical (unpaired) electrons. The minimum Gasteiger partial charge on any atom is -0.297 e. The number of hydrogen-bond acceptors (Lipinski definition) is 2. The van der Waals surface area contributed by atoms with Crippen LogP contribution in [0.5, 0.6) is 0 Å². The SMILES string of the molecule is CCC(NC(C)(C)C)N(C(C)(C)C)C(C)(C)C. The summed E-state index contributed by atoms with van der Waals surface area (Å²) in [5.74, 6) is 0. The van der Waals surface area contributed by atoms with Gasteiger partial charge in [0.1, 0.15) is 0 Å². The third-order valence-corrected chi connectivity index (χ3v) is 2.74. The van der Waals surface area contributed by atoms with Crippen LogP contribution in [0.2, 0.25) is 0 Å². The number of nitrogens with zero attached hydrogens (tertiary/aromatic N) is 1. The maximum absolute atomic E-state index is 3.74. The molecule has 0 fully saturated rings. The van der Waals surface area contributed by atoms with Gasteiger partial charge in [-0.05, 0) is 68.7 Å². The molecule has 2 nitrogen and oxygen atoms in total. The summed E-state index contributed by atoms with van der Waals surface area (Å²) in [6, 6.07) is 0. The normalized spacial score (nSPS) is 16.4. The van der Waals surface area contributed by atoms with E-state index >= 15 is 0 Å². The Balaban J connectivity index is 5.15. The Morgan fingerprint density at radius 3 is 1.35 bits per heavy atom. The Bertz CT molecular complexity index is 211. The third-order valence-electron chi connectivity index (χ3n) is 2.74. The molecule has 0 saturated carbocycles. The van der Waals surface area contributed by atoms with E-state index in [2.05, 4.69) is 79.5 Å². The van der Waals surface area contributed by atoms with Crippen molar-refractivity contribution < 1.29 is 0 Å². The van der Waals surface area contributed by atoms with Crippen LogP contribution in [0.25, 0.3) is 0 Å². The number of hydrogen-bond donors (Lipinski definition) is 1. The van der Waals surface area contributed by atoms with E-state index in [1.54, 1.807) is 0 Å². The third kappa shape index (κ3) is 5.87. The molecule has 104 valence electrons. The number of rotatable bonds is 3. The molecule has 0 aliphatic heterocycles. The van der Waals surface area contributed by atoms with Crippen LogP contribution in [0.15, 0.2) is 0 Å². The van der Waals surface area contributed by atoms with Gasteiger partial charge in [0.25, 0.3) is 0 Å². The van der Waals surface area contributed by atoms with Crippen LogP contribution in [0.1, 0.15) is 75.7 Å². The van der Waals surface area contributed by atoms with E-state index in [0.29, 0.717) is 6.17 Å². The first-order chi connectivity index (χ1) is 7.29. The fourth-order valence-electron chi connectivity index (χ4n) is 2.79. The summed E-state index contributed by atoms with van der Waals surface area (Å²) in [4.78, 5) is 2.59. The van der Waals surface area contributed by atoms with E-state index in [9.17, 15) is 0 Å². The monoisotopic (exact) mass is 242 g/mol. The lowest BCUT2D eigenvalue weighted by molar-refractivity contribution is -0.0293. The van der Waals surface area contributed by atoms with Gasteiger partial charge in [-0.15, -0.1) is 0 Å². The maximum atomic E-state index is 3.74. The first-order valence-electron chi connectivity index (χ1n) is 6.86. The molecule has 1 atom stereocenters. The second-order valence-corrected chi connectivity index (χ2v) is 8.03. The van der Waals surface area contributed by atoms with Crippen molar-refractivity contribution in [2.45, 2.75) is 98.4 Å². The summed E-state index contributed by atoms with van der Waals surface area (Å²) in [6.45, 7) is 22.7. The van der Waals surface area contributed by atoms with Crippen LogP contribution in [-0.4, -0.2) is 27.7 Å². The average Bonchev–Trinajstić information content (AvgIpc) is 1.94.